The van der Waals surface area contributed by atoms with E-state index in [1.54, 1.807) is 50.6 Å². The van der Waals surface area contributed by atoms with E-state index >= 15 is 0 Å². The van der Waals surface area contributed by atoms with Crippen LogP contribution in [0.5, 0.6) is 17.2 Å². The molecule has 436 valence electrons. The van der Waals surface area contributed by atoms with Crippen LogP contribution in [0.25, 0.3) is 55.2 Å². The molecule has 84 heavy (non-hydrogen) atoms. The number of H-pyrrole nitrogens is 2. The summed E-state index contributed by atoms with van der Waals surface area (Å²) < 4.78 is 109. The van der Waals surface area contributed by atoms with Gasteiger partial charge >= 0.3 is 145 Å². The van der Waals surface area contributed by atoms with E-state index in [9.17, 15) is 48.3 Å². The molecule has 0 spiro atoms. The third kappa shape index (κ3) is 23.5. The quantitative estimate of drug-likeness (QED) is 0.0475. The molecular formula is C53H59FK3N6O17PS3. The van der Waals surface area contributed by atoms with Crippen LogP contribution < -0.4 is 108 Å². The number of primary sulfonamides is 1. The van der Waals surface area contributed by atoms with E-state index in [0.29, 0.717) is 39.5 Å². The molecular weight excluding hydrogens is 1260 g/mol. The molecule has 5 N–H and O–H groups in total. The monoisotopic (exact) mass is 1310 g/mol. The first-order valence-corrected chi connectivity index (χ1v) is 46.5. The van der Waals surface area contributed by atoms with E-state index in [2.05, 4.69) is 49.5 Å². The molecule has 0 aliphatic heterocycles. The SMILES string of the molecule is C.COc1c(-c2ccc3cc(NS(C)(=O)=O)ccc3c2)cc(-n2ccc(=O)[nH]c2=O)cc1C(C)(C)C.COc1c(-c2ccc3cc(OS(=O)(=O)F)ccc3c2)cc(-n2ccc(=O)[nH]c2=O)cc1C(C)(C)C.CS(N)(=O)=O.O=[P+]([O-])O[O-].[K+].[K][K]. The summed E-state index contributed by atoms with van der Waals surface area (Å²) in [7, 11) is -11.6. The number of ether oxygens (including phenoxy) is 2. The molecule has 0 aliphatic carbocycles. The van der Waals surface area contributed by atoms with Crippen molar-refractivity contribution in [2.45, 2.75) is 59.8 Å². The van der Waals surface area contributed by atoms with Crippen LogP contribution in [0.15, 0.2) is 141 Å². The third-order valence-electron chi connectivity index (χ3n) is 11.2. The maximum absolute atomic E-state index is 12.9. The minimum absolute atomic E-state index is 0. The summed E-state index contributed by atoms with van der Waals surface area (Å²) in [6.45, 7) is 12.2. The molecule has 1 atom stereocenters. The Hall–Kier alpha value is -2.97. The number of nitrogens with one attached hydrogen (secondary N) is 3. The zero-order valence-electron chi connectivity index (χ0n) is 47.5. The Labute approximate surface area is 574 Å². The van der Waals surface area contributed by atoms with Gasteiger partial charge in [0, 0.05) is 52.5 Å². The number of benzene rings is 6. The molecule has 0 radical (unpaired) electrons. The molecule has 0 fully saturated rings. The van der Waals surface area contributed by atoms with E-state index in [1.807, 2.05) is 69.3 Å². The van der Waals surface area contributed by atoms with Crippen molar-refractivity contribution in [3.63, 3.8) is 0 Å². The van der Waals surface area contributed by atoms with Crippen molar-refractivity contribution >= 4 is 129 Å². The summed E-state index contributed by atoms with van der Waals surface area (Å²) in [5.74, 6) is 1.18. The molecule has 0 saturated heterocycles. The van der Waals surface area contributed by atoms with E-state index in [4.69, 9.17) is 24.2 Å². The number of methoxy groups -OCH3 is 2. The number of hydrogen-bond donors (Lipinski definition) is 4. The van der Waals surface area contributed by atoms with Gasteiger partial charge in [0.05, 0.1) is 38.1 Å². The fraction of sp³-hybridized carbons (Fsp3) is 0.245. The van der Waals surface area contributed by atoms with Gasteiger partial charge < -0.3 is 23.8 Å². The molecule has 23 nitrogen and oxygen atoms in total. The average molecular weight is 1320 g/mol. The number of fused-ring (bicyclic) bond motifs is 2. The predicted octanol–water partition coefficient (Wildman–Crippen LogP) is 2.35. The van der Waals surface area contributed by atoms with E-state index < -0.39 is 61.3 Å². The number of aromatic nitrogens is 4. The van der Waals surface area contributed by atoms with E-state index in [-0.39, 0.29) is 75.4 Å². The van der Waals surface area contributed by atoms with Gasteiger partial charge in [-0.05, 0) is 109 Å². The molecule has 31 heteroatoms. The number of aromatic amines is 2. The number of rotatable bonds is 11. The van der Waals surface area contributed by atoms with Gasteiger partial charge in [0.25, 0.3) is 11.1 Å². The maximum atomic E-state index is 12.9. The van der Waals surface area contributed by atoms with Crippen LogP contribution in [0.2, 0.25) is 0 Å². The topological polar surface area (TPSA) is 350 Å². The van der Waals surface area contributed by atoms with Gasteiger partial charge in [0.2, 0.25) is 20.0 Å². The summed E-state index contributed by atoms with van der Waals surface area (Å²) in [5, 5.41) is 16.0. The average Bonchev–Trinajstić information content (AvgIpc) is 3.55. The first-order chi connectivity index (χ1) is 38.0. The van der Waals surface area contributed by atoms with E-state index in [1.165, 1.54) is 109 Å². The van der Waals surface area contributed by atoms with Gasteiger partial charge in [0.1, 0.15) is 17.2 Å². The van der Waals surface area contributed by atoms with Gasteiger partial charge in [-0.1, -0.05) is 89.3 Å². The second-order valence-corrected chi connectivity index (χ2v) is 24.5. The predicted molar refractivity (Wildman–Crippen MR) is 317 cm³/mol. The van der Waals surface area contributed by atoms with E-state index in [0.717, 1.165) is 56.5 Å². The Kier molecular flexibility index (Phi) is 30.3. The summed E-state index contributed by atoms with van der Waals surface area (Å²) in [5.41, 5.74) is 3.81. The van der Waals surface area contributed by atoms with Crippen molar-refractivity contribution in [3.05, 3.63) is 174 Å². The summed E-state index contributed by atoms with van der Waals surface area (Å²) in [6, 6.07) is 30.9. The molecule has 2 aromatic heterocycles. The van der Waals surface area contributed by atoms with Gasteiger partial charge in [0.15, 0.2) is 0 Å². The fourth-order valence-electron chi connectivity index (χ4n) is 7.98. The number of halogens is 1. The first-order valence-electron chi connectivity index (χ1n) is 24.2. The standard InChI is InChI=1S/C26H27N3O5S.C25H23FN2O6S.CH5NO2S.CH4.3K.HO4P/c1-26(2,3)22-15-20(29-11-10-23(30)27-25(29)31)14-21(24(22)34-4)18-7-6-17-13-19(28-35(5,32)33)9-8-16(17)12-18;1-25(2,3)21-14-18(28-10-9-22(29)27-24(28)30)13-20(23(21)33-4)17-6-5-16-12-19(34-35(26,31)32)8-7-15(16)11-17;1-5(2,3)4;;;;;1-4-5(2)3/h6-15,28H,1-5H3,(H,27,30,31);5-14H,1-4H3,(H,27,29,30);1H3,(H2,2,3,4);1H4;;;;1H/q;;;;;;+1;/p-1. The van der Waals surface area contributed by atoms with Crippen LogP contribution in [0.1, 0.15) is 60.1 Å². The van der Waals surface area contributed by atoms with Crippen molar-refractivity contribution in [1.29, 1.82) is 0 Å². The zero-order valence-corrected chi connectivity index (χ0v) is 60.2. The number of nitrogens with zero attached hydrogens (tertiary/aromatic N) is 2. The van der Waals surface area contributed by atoms with Crippen molar-refractivity contribution in [3.8, 4) is 50.9 Å². The molecule has 0 aliphatic rings. The van der Waals surface area contributed by atoms with Crippen molar-refractivity contribution in [1.82, 2.24) is 19.1 Å². The van der Waals surface area contributed by atoms with Crippen LogP contribution in [-0.4, -0.2) is 134 Å². The van der Waals surface area contributed by atoms with Crippen LogP contribution in [0.4, 0.5) is 9.57 Å². The normalized spacial score (nSPS) is 11.5. The number of nitrogens with two attached hydrogens (primary N) is 1. The molecule has 1 unspecified atom stereocenters. The number of anilines is 1. The van der Waals surface area contributed by atoms with Gasteiger partial charge in [-0.3, -0.25) is 33.4 Å². The van der Waals surface area contributed by atoms with Gasteiger partial charge in [-0.2, -0.15) is 8.42 Å². The second kappa shape index (κ2) is 33.0. The zero-order chi connectivity index (χ0) is 61.9. The van der Waals surface area contributed by atoms with Crippen molar-refractivity contribution in [2.24, 2.45) is 5.14 Å². The van der Waals surface area contributed by atoms with Gasteiger partial charge in [-0.15, -0.1) is 0 Å². The molecule has 6 aromatic carbocycles. The molecule has 8 aromatic rings. The Morgan fingerprint density at radius 1 is 0.619 bits per heavy atom. The Morgan fingerprint density at radius 3 is 1.31 bits per heavy atom. The number of hydrogen-bond acceptors (Lipinski definition) is 17. The summed E-state index contributed by atoms with van der Waals surface area (Å²) in [6.07, 6.45) is 4.92. The number of sulfonamides is 2. The van der Waals surface area contributed by atoms with Crippen molar-refractivity contribution < 1.29 is 114 Å². The Bertz CT molecular complexity index is 4010. The van der Waals surface area contributed by atoms with Crippen LogP contribution in [0, 0.1) is 0 Å². The Morgan fingerprint density at radius 2 is 0.976 bits per heavy atom. The molecule has 0 amide bonds. The molecule has 0 bridgehead atoms. The van der Waals surface area contributed by atoms with Crippen molar-refractivity contribution in [2.75, 3.05) is 31.5 Å². The first kappa shape index (κ1) is 77.1. The van der Waals surface area contributed by atoms with Crippen LogP contribution in [0.3, 0.4) is 0 Å². The van der Waals surface area contributed by atoms with Gasteiger partial charge in [-0.25, -0.2) is 36.2 Å². The van der Waals surface area contributed by atoms with Crippen LogP contribution >= 0.6 is 8.25 Å². The second-order valence-electron chi connectivity index (χ2n) is 19.6. The minimum atomic E-state index is -5.13. The van der Waals surface area contributed by atoms with Crippen LogP contribution in [-0.2, 0) is 50.6 Å². The third-order valence-corrected chi connectivity index (χ3v) is 12.3. The Balaban J connectivity index is 0.000000472. The molecule has 0 saturated carbocycles. The summed E-state index contributed by atoms with van der Waals surface area (Å²) in [4.78, 5) is 61.6. The summed E-state index contributed by atoms with van der Waals surface area (Å²) >= 11 is 2.50. The molecule has 8 rings (SSSR count). The fourth-order valence-corrected chi connectivity index (χ4v) is 8.87. The molecule has 2 heterocycles.